The lowest BCUT2D eigenvalue weighted by molar-refractivity contribution is -0.0267. The van der Waals surface area contributed by atoms with Crippen molar-refractivity contribution in [2.75, 3.05) is 6.61 Å². The Hall–Kier alpha value is -1.12. The third-order valence-electron chi connectivity index (χ3n) is 3.36. The fourth-order valence-electron chi connectivity index (χ4n) is 2.31. The molecular formula is C17H24O2. The van der Waals surface area contributed by atoms with E-state index in [1.165, 1.54) is 30.4 Å². The van der Waals surface area contributed by atoms with Crippen molar-refractivity contribution < 1.29 is 9.47 Å². The standard InChI is InChI=1S/C17H24O2/c1-3-4-6-11-16(17-18-13-14(2)19-17)12-15-9-7-5-8-10-15/h5,7-10,12,14,17H,3-4,6,11,13H2,1-2H3/b16-12-/t14-,17+/m0/s1. The topological polar surface area (TPSA) is 18.5 Å². The summed E-state index contributed by atoms with van der Waals surface area (Å²) in [6.07, 6.45) is 7.03. The van der Waals surface area contributed by atoms with E-state index in [2.05, 4.69) is 44.2 Å². The van der Waals surface area contributed by atoms with Gasteiger partial charge in [0.25, 0.3) is 0 Å². The molecule has 1 aromatic carbocycles. The lowest BCUT2D eigenvalue weighted by atomic mass is 10.0. The zero-order valence-corrected chi connectivity index (χ0v) is 12.0. The van der Waals surface area contributed by atoms with Gasteiger partial charge in [-0.05, 0) is 30.9 Å². The monoisotopic (exact) mass is 260 g/mol. The highest BCUT2D eigenvalue weighted by Gasteiger charge is 2.25. The first-order valence-electron chi connectivity index (χ1n) is 7.32. The van der Waals surface area contributed by atoms with E-state index in [0.717, 1.165) is 6.42 Å². The molecule has 1 fully saturated rings. The summed E-state index contributed by atoms with van der Waals surface area (Å²) in [7, 11) is 0. The van der Waals surface area contributed by atoms with Gasteiger partial charge in [0.15, 0.2) is 6.29 Å². The Balaban J connectivity index is 2.07. The Bertz CT molecular complexity index is 397. The average Bonchev–Trinajstić information content (AvgIpc) is 2.86. The highest BCUT2D eigenvalue weighted by molar-refractivity contribution is 5.53. The Morgan fingerprint density at radius 1 is 1.26 bits per heavy atom. The molecule has 1 saturated heterocycles. The molecule has 0 saturated carbocycles. The number of hydrogen-bond acceptors (Lipinski definition) is 2. The lowest BCUT2D eigenvalue weighted by Crippen LogP contribution is -2.13. The maximum Gasteiger partial charge on any atom is 0.180 e. The lowest BCUT2D eigenvalue weighted by Gasteiger charge is -2.15. The normalized spacial score (nSPS) is 23.8. The molecule has 2 rings (SSSR count). The summed E-state index contributed by atoms with van der Waals surface area (Å²) in [4.78, 5) is 0. The van der Waals surface area contributed by atoms with E-state index in [-0.39, 0.29) is 12.4 Å². The quantitative estimate of drug-likeness (QED) is 0.705. The van der Waals surface area contributed by atoms with Crippen molar-refractivity contribution >= 4 is 6.08 Å². The molecule has 1 aliphatic rings. The predicted octanol–water partition coefficient (Wildman–Crippen LogP) is 4.41. The van der Waals surface area contributed by atoms with Gasteiger partial charge in [-0.3, -0.25) is 0 Å². The molecule has 2 nitrogen and oxygen atoms in total. The molecule has 0 aliphatic carbocycles. The van der Waals surface area contributed by atoms with E-state index < -0.39 is 0 Å². The minimum atomic E-state index is -0.146. The van der Waals surface area contributed by atoms with Gasteiger partial charge in [-0.1, -0.05) is 56.2 Å². The van der Waals surface area contributed by atoms with Gasteiger partial charge in [0, 0.05) is 0 Å². The number of benzene rings is 1. The molecule has 2 atom stereocenters. The van der Waals surface area contributed by atoms with Crippen LogP contribution in [0.5, 0.6) is 0 Å². The molecule has 0 amide bonds. The fraction of sp³-hybridized carbons (Fsp3) is 0.529. The number of rotatable bonds is 6. The summed E-state index contributed by atoms with van der Waals surface area (Å²) in [5, 5.41) is 0. The summed E-state index contributed by atoms with van der Waals surface area (Å²) < 4.78 is 11.6. The van der Waals surface area contributed by atoms with Crippen LogP contribution in [0.25, 0.3) is 6.08 Å². The second-order valence-corrected chi connectivity index (χ2v) is 5.20. The molecule has 1 aliphatic heterocycles. The smallest absolute Gasteiger partial charge is 0.180 e. The first-order valence-corrected chi connectivity index (χ1v) is 7.32. The molecule has 0 unspecified atom stereocenters. The zero-order chi connectivity index (χ0) is 13.5. The van der Waals surface area contributed by atoms with Gasteiger partial charge in [-0.25, -0.2) is 0 Å². The maximum absolute atomic E-state index is 5.84. The van der Waals surface area contributed by atoms with Crippen LogP contribution < -0.4 is 0 Å². The maximum atomic E-state index is 5.84. The summed E-state index contributed by atoms with van der Waals surface area (Å²) in [5.41, 5.74) is 2.49. The third-order valence-corrected chi connectivity index (χ3v) is 3.36. The first-order chi connectivity index (χ1) is 9.29. The van der Waals surface area contributed by atoms with Crippen LogP contribution in [0.15, 0.2) is 35.9 Å². The van der Waals surface area contributed by atoms with Crippen LogP contribution in [-0.4, -0.2) is 19.0 Å². The molecule has 2 heteroatoms. The van der Waals surface area contributed by atoms with Crippen LogP contribution in [-0.2, 0) is 9.47 Å². The van der Waals surface area contributed by atoms with Crippen molar-refractivity contribution in [3.63, 3.8) is 0 Å². The zero-order valence-electron chi connectivity index (χ0n) is 12.0. The molecule has 0 N–H and O–H groups in total. The number of unbranched alkanes of at least 4 members (excludes halogenated alkanes) is 2. The number of hydrogen-bond donors (Lipinski definition) is 0. The van der Waals surface area contributed by atoms with E-state index in [1.54, 1.807) is 0 Å². The molecule has 19 heavy (non-hydrogen) atoms. The molecule has 0 radical (unpaired) electrons. The van der Waals surface area contributed by atoms with E-state index in [9.17, 15) is 0 Å². The van der Waals surface area contributed by atoms with Crippen molar-refractivity contribution in [2.45, 2.75) is 51.9 Å². The summed E-state index contributed by atoms with van der Waals surface area (Å²) in [6, 6.07) is 10.4. The molecule has 104 valence electrons. The van der Waals surface area contributed by atoms with Crippen molar-refractivity contribution in [3.05, 3.63) is 41.5 Å². The van der Waals surface area contributed by atoms with Gasteiger partial charge in [0.1, 0.15) is 0 Å². The van der Waals surface area contributed by atoms with Gasteiger partial charge >= 0.3 is 0 Å². The highest BCUT2D eigenvalue weighted by Crippen LogP contribution is 2.25. The third kappa shape index (κ3) is 4.48. The van der Waals surface area contributed by atoms with Gasteiger partial charge in [0.05, 0.1) is 12.7 Å². The summed E-state index contributed by atoms with van der Waals surface area (Å²) >= 11 is 0. The van der Waals surface area contributed by atoms with Crippen LogP contribution >= 0.6 is 0 Å². The van der Waals surface area contributed by atoms with Gasteiger partial charge in [-0.2, -0.15) is 0 Å². The van der Waals surface area contributed by atoms with E-state index in [4.69, 9.17) is 9.47 Å². The molecule has 0 spiro atoms. The van der Waals surface area contributed by atoms with Gasteiger partial charge in [-0.15, -0.1) is 0 Å². The van der Waals surface area contributed by atoms with E-state index >= 15 is 0 Å². The molecule has 0 aromatic heterocycles. The summed E-state index contributed by atoms with van der Waals surface area (Å²) in [5.74, 6) is 0. The minimum absolute atomic E-state index is 0.146. The van der Waals surface area contributed by atoms with Crippen molar-refractivity contribution in [3.8, 4) is 0 Å². The van der Waals surface area contributed by atoms with Gasteiger partial charge < -0.3 is 9.47 Å². The highest BCUT2D eigenvalue weighted by atomic mass is 16.7. The second-order valence-electron chi connectivity index (χ2n) is 5.20. The van der Waals surface area contributed by atoms with Crippen molar-refractivity contribution in [2.24, 2.45) is 0 Å². The van der Waals surface area contributed by atoms with Crippen LogP contribution in [0.2, 0.25) is 0 Å². The Labute approximate surface area is 116 Å². The average molecular weight is 260 g/mol. The van der Waals surface area contributed by atoms with Crippen LogP contribution in [0.3, 0.4) is 0 Å². The molecule has 0 bridgehead atoms. The minimum Gasteiger partial charge on any atom is -0.346 e. The van der Waals surface area contributed by atoms with Crippen molar-refractivity contribution in [1.29, 1.82) is 0 Å². The van der Waals surface area contributed by atoms with E-state index in [0.29, 0.717) is 6.61 Å². The SMILES string of the molecule is CCCCC/C(=C/c1ccccc1)[C@@H]1OC[C@H](C)O1. The Morgan fingerprint density at radius 3 is 2.68 bits per heavy atom. The summed E-state index contributed by atoms with van der Waals surface area (Å²) in [6.45, 7) is 4.99. The first kappa shape index (κ1) is 14.3. The van der Waals surface area contributed by atoms with Gasteiger partial charge in [0.2, 0.25) is 0 Å². The molecule has 1 heterocycles. The molecule has 1 aromatic rings. The van der Waals surface area contributed by atoms with Crippen molar-refractivity contribution in [1.82, 2.24) is 0 Å². The predicted molar refractivity (Wildman–Crippen MR) is 78.8 cm³/mol. The fourth-order valence-corrected chi connectivity index (χ4v) is 2.31. The largest absolute Gasteiger partial charge is 0.346 e. The van der Waals surface area contributed by atoms with Crippen LogP contribution in [0.4, 0.5) is 0 Å². The Morgan fingerprint density at radius 2 is 2.05 bits per heavy atom. The number of ether oxygens (including phenoxy) is 2. The second kappa shape index (κ2) is 7.46. The molecular weight excluding hydrogens is 236 g/mol. The Kier molecular flexibility index (Phi) is 5.62. The van der Waals surface area contributed by atoms with Crippen LogP contribution in [0, 0.1) is 0 Å². The van der Waals surface area contributed by atoms with Crippen LogP contribution in [0.1, 0.15) is 45.1 Å². The van der Waals surface area contributed by atoms with E-state index in [1.807, 2.05) is 6.07 Å².